The molecule has 0 spiro atoms. The summed E-state index contributed by atoms with van der Waals surface area (Å²) in [5.74, 6) is 0. The third-order valence-electron chi connectivity index (χ3n) is 3.00. The lowest BCUT2D eigenvalue weighted by Gasteiger charge is -2.42. The Morgan fingerprint density at radius 3 is 2.47 bits per heavy atom. The van der Waals surface area contributed by atoms with Gasteiger partial charge in [0, 0.05) is 13.1 Å². The van der Waals surface area contributed by atoms with Crippen molar-refractivity contribution in [2.75, 3.05) is 19.7 Å². The van der Waals surface area contributed by atoms with Crippen LogP contribution in [0.3, 0.4) is 0 Å². The summed E-state index contributed by atoms with van der Waals surface area (Å²) < 4.78 is 0. The van der Waals surface area contributed by atoms with Crippen molar-refractivity contribution < 1.29 is 20.4 Å². The first-order valence-electron chi connectivity index (χ1n) is 5.78. The number of aliphatic hydroxyl groups excluding tert-OH is 4. The van der Waals surface area contributed by atoms with E-state index in [4.69, 9.17) is 0 Å². The Morgan fingerprint density at radius 2 is 1.88 bits per heavy atom. The molecular weight excluding hydrogens is 222 g/mol. The summed E-state index contributed by atoms with van der Waals surface area (Å²) in [5.41, 5.74) is 0. The number of piperidine rings is 1. The van der Waals surface area contributed by atoms with Gasteiger partial charge in [0.25, 0.3) is 0 Å². The summed E-state index contributed by atoms with van der Waals surface area (Å²) in [6.07, 6.45) is 4.20. The number of hydrogen-bond acceptors (Lipinski definition) is 5. The molecule has 0 aromatic rings. The molecule has 0 aromatic heterocycles. The van der Waals surface area contributed by atoms with Crippen molar-refractivity contribution in [3.8, 4) is 0 Å². The van der Waals surface area contributed by atoms with E-state index in [2.05, 4.69) is 0 Å². The number of β-amino-alcohol motifs (C(OH)–C–C–N with tert-alkyl or cyclic N) is 1. The number of nitrogens with zero attached hydrogens (tertiary/aromatic N) is 1. The monoisotopic (exact) mass is 243 g/mol. The zero-order valence-electron chi connectivity index (χ0n) is 9.98. The molecule has 0 bridgehead atoms. The molecule has 1 saturated heterocycles. The molecule has 0 aromatic carbocycles. The van der Waals surface area contributed by atoms with Gasteiger partial charge in [-0.05, 0) is 6.92 Å². The van der Waals surface area contributed by atoms with Gasteiger partial charge in [-0.2, -0.15) is 0 Å². The molecule has 0 radical (unpaired) electrons. The van der Waals surface area contributed by atoms with Gasteiger partial charge in [-0.15, -0.1) is 0 Å². The number of hydrogen-bond donors (Lipinski definition) is 4. The van der Waals surface area contributed by atoms with E-state index in [1.807, 2.05) is 31.2 Å². The largest absolute Gasteiger partial charge is 0.395 e. The lowest BCUT2D eigenvalue weighted by atomic mass is 9.94. The van der Waals surface area contributed by atoms with Crippen LogP contribution in [-0.4, -0.2) is 69.4 Å². The van der Waals surface area contributed by atoms with E-state index >= 15 is 0 Å². The van der Waals surface area contributed by atoms with Gasteiger partial charge in [-0.25, -0.2) is 0 Å². The van der Waals surface area contributed by atoms with Crippen LogP contribution in [0.2, 0.25) is 0 Å². The summed E-state index contributed by atoms with van der Waals surface area (Å²) in [4.78, 5) is 1.75. The van der Waals surface area contributed by atoms with Gasteiger partial charge in [0.2, 0.25) is 0 Å². The number of rotatable bonds is 4. The second-order valence-electron chi connectivity index (χ2n) is 4.21. The van der Waals surface area contributed by atoms with Crippen LogP contribution in [0.1, 0.15) is 6.92 Å². The highest BCUT2D eigenvalue weighted by Gasteiger charge is 2.40. The van der Waals surface area contributed by atoms with E-state index in [0.717, 1.165) is 0 Å². The molecule has 0 amide bonds. The summed E-state index contributed by atoms with van der Waals surface area (Å²) in [6, 6.07) is -0.538. The van der Waals surface area contributed by atoms with Gasteiger partial charge < -0.3 is 20.4 Å². The molecular formula is C12H21NO4. The van der Waals surface area contributed by atoms with Crippen LogP contribution < -0.4 is 0 Å². The number of likely N-dealkylation sites (tertiary alicyclic amines) is 1. The lowest BCUT2D eigenvalue weighted by molar-refractivity contribution is -0.142. The summed E-state index contributed by atoms with van der Waals surface area (Å²) in [6.45, 7) is 2.41. The fraction of sp³-hybridized carbons (Fsp3) is 0.667. The average Bonchev–Trinajstić information content (AvgIpc) is 2.32. The number of allylic oxidation sites excluding steroid dienone is 3. The zero-order valence-corrected chi connectivity index (χ0v) is 9.98. The van der Waals surface area contributed by atoms with Gasteiger partial charge in [0.05, 0.1) is 18.8 Å². The van der Waals surface area contributed by atoms with Gasteiger partial charge in [-0.3, -0.25) is 4.90 Å². The average molecular weight is 243 g/mol. The molecule has 0 aliphatic carbocycles. The van der Waals surface area contributed by atoms with Crippen molar-refractivity contribution in [3.05, 3.63) is 24.3 Å². The van der Waals surface area contributed by atoms with Crippen molar-refractivity contribution in [2.45, 2.75) is 31.3 Å². The fourth-order valence-electron chi connectivity index (χ4n) is 1.97. The van der Waals surface area contributed by atoms with E-state index in [-0.39, 0.29) is 13.2 Å². The molecule has 17 heavy (non-hydrogen) atoms. The first kappa shape index (κ1) is 14.3. The Bertz CT molecular complexity index is 280. The maximum Gasteiger partial charge on any atom is 0.109 e. The third kappa shape index (κ3) is 3.62. The Labute approximate surface area is 101 Å². The topological polar surface area (TPSA) is 84.2 Å². The quantitative estimate of drug-likeness (QED) is 0.470. The summed E-state index contributed by atoms with van der Waals surface area (Å²) in [7, 11) is 0. The van der Waals surface area contributed by atoms with Gasteiger partial charge in [0.15, 0.2) is 0 Å². The van der Waals surface area contributed by atoms with Crippen LogP contribution in [0.25, 0.3) is 0 Å². The molecule has 98 valence electrons. The molecule has 4 N–H and O–H groups in total. The van der Waals surface area contributed by atoms with Crippen LogP contribution in [-0.2, 0) is 0 Å². The molecule has 5 nitrogen and oxygen atoms in total. The number of aliphatic hydroxyl groups is 4. The Morgan fingerprint density at radius 1 is 1.18 bits per heavy atom. The predicted octanol–water partition coefficient (Wildman–Crippen LogP) is -1.12. The minimum absolute atomic E-state index is 0.240. The Hall–Kier alpha value is -0.720. The van der Waals surface area contributed by atoms with Crippen molar-refractivity contribution in [1.29, 1.82) is 0 Å². The van der Waals surface area contributed by atoms with Crippen LogP contribution in [0, 0.1) is 0 Å². The molecule has 1 rings (SSSR count). The SMILES string of the molecule is C/C=C/C=C/CN1C[C@H](O)[C@@H](O)[C@H](O)C1CO. The van der Waals surface area contributed by atoms with E-state index in [1.165, 1.54) is 0 Å². The molecule has 0 saturated carbocycles. The second kappa shape index (κ2) is 6.88. The molecule has 1 unspecified atom stereocenters. The molecule has 5 heteroatoms. The van der Waals surface area contributed by atoms with E-state index in [1.54, 1.807) is 4.90 Å². The first-order chi connectivity index (χ1) is 8.11. The Kier molecular flexibility index (Phi) is 5.80. The minimum atomic E-state index is -1.19. The van der Waals surface area contributed by atoms with E-state index in [9.17, 15) is 20.4 Å². The minimum Gasteiger partial charge on any atom is -0.395 e. The fourth-order valence-corrected chi connectivity index (χ4v) is 1.97. The summed E-state index contributed by atoms with van der Waals surface area (Å²) in [5, 5.41) is 38.0. The standard InChI is InChI=1S/C12H21NO4/c1-2-3-4-5-6-13-7-10(15)12(17)11(16)9(13)8-14/h2-5,9-12,14-17H,6-8H2,1H3/b3-2+,5-4+/t9?,10-,11+,12+/m0/s1. The molecule has 4 atom stereocenters. The van der Waals surface area contributed by atoms with Crippen molar-refractivity contribution in [2.24, 2.45) is 0 Å². The maximum absolute atomic E-state index is 9.73. The summed E-state index contributed by atoms with van der Waals surface area (Å²) >= 11 is 0. The van der Waals surface area contributed by atoms with Crippen LogP contribution in [0.5, 0.6) is 0 Å². The van der Waals surface area contributed by atoms with Crippen LogP contribution in [0.4, 0.5) is 0 Å². The molecule has 1 aliphatic heterocycles. The highest BCUT2D eigenvalue weighted by molar-refractivity contribution is 5.04. The molecule has 1 aliphatic rings. The highest BCUT2D eigenvalue weighted by Crippen LogP contribution is 2.18. The third-order valence-corrected chi connectivity index (χ3v) is 3.00. The maximum atomic E-state index is 9.73. The van der Waals surface area contributed by atoms with Crippen molar-refractivity contribution in [1.82, 2.24) is 4.90 Å². The van der Waals surface area contributed by atoms with Gasteiger partial charge >= 0.3 is 0 Å². The van der Waals surface area contributed by atoms with Crippen molar-refractivity contribution in [3.63, 3.8) is 0 Å². The van der Waals surface area contributed by atoms with Crippen LogP contribution in [0.15, 0.2) is 24.3 Å². The predicted molar refractivity (Wildman–Crippen MR) is 64.4 cm³/mol. The Balaban J connectivity index is 2.62. The van der Waals surface area contributed by atoms with Gasteiger partial charge in [0.1, 0.15) is 12.2 Å². The second-order valence-corrected chi connectivity index (χ2v) is 4.21. The smallest absolute Gasteiger partial charge is 0.109 e. The zero-order chi connectivity index (χ0) is 12.8. The van der Waals surface area contributed by atoms with E-state index in [0.29, 0.717) is 6.54 Å². The first-order valence-corrected chi connectivity index (χ1v) is 5.78. The van der Waals surface area contributed by atoms with E-state index < -0.39 is 24.4 Å². The lowest BCUT2D eigenvalue weighted by Crippen LogP contribution is -2.62. The van der Waals surface area contributed by atoms with Crippen LogP contribution >= 0.6 is 0 Å². The van der Waals surface area contributed by atoms with Gasteiger partial charge in [-0.1, -0.05) is 24.3 Å². The molecule has 1 heterocycles. The van der Waals surface area contributed by atoms with Crippen molar-refractivity contribution >= 4 is 0 Å². The highest BCUT2D eigenvalue weighted by atomic mass is 16.4. The molecule has 1 fully saturated rings. The normalized spacial score (nSPS) is 36.1.